The predicted molar refractivity (Wildman–Crippen MR) is 210 cm³/mol. The van der Waals surface area contributed by atoms with Gasteiger partial charge in [-0.15, -0.1) is 0 Å². The first-order valence-corrected chi connectivity index (χ1v) is 17.3. The van der Waals surface area contributed by atoms with Crippen LogP contribution < -0.4 is 4.90 Å². The number of benzene rings is 7. The number of allylic oxidation sites excluding steroid dienone is 1. The number of anilines is 3. The normalized spacial score (nSPS) is 15.0. The Morgan fingerprint density at radius 1 is 0.608 bits per heavy atom. The second kappa shape index (κ2) is 10.6. The Balaban J connectivity index is 1.09. The Morgan fingerprint density at radius 3 is 2.25 bits per heavy atom. The van der Waals surface area contributed by atoms with Gasteiger partial charge >= 0.3 is 0 Å². The summed E-state index contributed by atoms with van der Waals surface area (Å²) in [5.41, 5.74) is 12.4. The Morgan fingerprint density at radius 2 is 1.35 bits per heavy atom. The predicted octanol–water partition coefficient (Wildman–Crippen LogP) is 12.6. The lowest BCUT2D eigenvalue weighted by molar-refractivity contribution is 0.543. The highest BCUT2D eigenvalue weighted by Gasteiger charge is 2.35. The van der Waals surface area contributed by atoms with Crippen LogP contribution >= 0.6 is 0 Å². The van der Waals surface area contributed by atoms with Crippen LogP contribution in [0.1, 0.15) is 22.8 Å². The first-order chi connectivity index (χ1) is 25.2. The number of hydrogen-bond donors (Lipinski definition) is 0. The van der Waals surface area contributed by atoms with Crippen LogP contribution in [0.2, 0.25) is 0 Å². The molecular weight excluding hydrogens is 623 g/mol. The lowest BCUT2D eigenvalue weighted by atomic mass is 9.81. The maximum absolute atomic E-state index is 6.58. The van der Waals surface area contributed by atoms with Crippen molar-refractivity contribution in [1.82, 2.24) is 4.98 Å². The van der Waals surface area contributed by atoms with Gasteiger partial charge in [0.2, 0.25) is 0 Å². The molecule has 0 saturated carbocycles. The van der Waals surface area contributed by atoms with Gasteiger partial charge in [0.05, 0.1) is 28.5 Å². The molecule has 9 aromatic rings. The second-order valence-electron chi connectivity index (χ2n) is 13.4. The maximum atomic E-state index is 6.58. The van der Waals surface area contributed by atoms with Crippen LogP contribution in [0.15, 0.2) is 179 Å². The minimum atomic E-state index is -0.241. The molecule has 1 unspecified atom stereocenters. The molecule has 4 nitrogen and oxygen atoms in total. The van der Waals surface area contributed by atoms with Gasteiger partial charge in [-0.25, -0.2) is 4.99 Å². The molecule has 0 amide bonds. The summed E-state index contributed by atoms with van der Waals surface area (Å²) in [5, 5.41) is 7.07. The number of hydrogen-bond acceptors (Lipinski definition) is 4. The summed E-state index contributed by atoms with van der Waals surface area (Å²) < 4.78 is 6.58. The molecule has 2 aromatic heterocycles. The van der Waals surface area contributed by atoms with Crippen molar-refractivity contribution in [3.8, 4) is 11.1 Å². The molecule has 2 aliphatic heterocycles. The number of pyridine rings is 1. The van der Waals surface area contributed by atoms with Crippen LogP contribution in [-0.4, -0.2) is 10.7 Å². The van der Waals surface area contributed by atoms with Crippen LogP contribution in [0.3, 0.4) is 0 Å². The number of para-hydroxylation sites is 2. The number of rotatable bonds is 3. The summed E-state index contributed by atoms with van der Waals surface area (Å²) in [7, 11) is 0. The zero-order valence-electron chi connectivity index (χ0n) is 27.5. The molecule has 7 aromatic carbocycles. The van der Waals surface area contributed by atoms with Crippen molar-refractivity contribution in [2.45, 2.75) is 5.92 Å². The zero-order chi connectivity index (χ0) is 33.6. The fourth-order valence-corrected chi connectivity index (χ4v) is 8.40. The largest absolute Gasteiger partial charge is 0.458 e. The molecule has 2 aliphatic rings. The summed E-state index contributed by atoms with van der Waals surface area (Å²) >= 11 is 0. The van der Waals surface area contributed by atoms with Gasteiger partial charge in [-0.1, -0.05) is 116 Å². The van der Waals surface area contributed by atoms with Crippen molar-refractivity contribution in [1.29, 1.82) is 0 Å². The molecule has 0 radical (unpaired) electrons. The maximum Gasteiger partial charge on any atom is 0.142 e. The Bertz CT molecular complexity index is 2940. The average molecular weight is 652 g/mol. The molecule has 238 valence electrons. The van der Waals surface area contributed by atoms with Gasteiger partial charge < -0.3 is 9.32 Å². The summed E-state index contributed by atoms with van der Waals surface area (Å²) in [6.45, 7) is 4.70. The highest BCUT2D eigenvalue weighted by atomic mass is 16.3. The van der Waals surface area contributed by atoms with Gasteiger partial charge in [-0.3, -0.25) is 4.98 Å². The third-order valence-corrected chi connectivity index (χ3v) is 10.6. The molecule has 0 bridgehead atoms. The van der Waals surface area contributed by atoms with Gasteiger partial charge in [0.1, 0.15) is 17.0 Å². The molecule has 4 heterocycles. The number of fused-ring (bicyclic) bond motifs is 8. The number of furan rings is 1. The first kappa shape index (κ1) is 28.1. The van der Waals surface area contributed by atoms with Gasteiger partial charge in [-0.2, -0.15) is 0 Å². The molecule has 11 rings (SSSR count). The summed E-state index contributed by atoms with van der Waals surface area (Å²) in [6, 6.07) is 53.8. The lowest BCUT2D eigenvalue weighted by Gasteiger charge is -2.34. The van der Waals surface area contributed by atoms with Gasteiger partial charge in [0.25, 0.3) is 0 Å². The van der Waals surface area contributed by atoms with Gasteiger partial charge in [0, 0.05) is 39.2 Å². The Kier molecular flexibility index (Phi) is 5.84. The van der Waals surface area contributed by atoms with Crippen LogP contribution in [0.4, 0.5) is 22.7 Å². The second-order valence-corrected chi connectivity index (χ2v) is 13.4. The van der Waals surface area contributed by atoms with E-state index in [2.05, 4.69) is 132 Å². The molecule has 4 heteroatoms. The van der Waals surface area contributed by atoms with Crippen LogP contribution in [0, 0.1) is 0 Å². The number of aromatic nitrogens is 1. The lowest BCUT2D eigenvalue weighted by Crippen LogP contribution is -2.18. The standard InChI is InChI=1S/C47H29N3O/c1-28-41(37-18-7-13-31-14-9-27-48-45(31)37)47-46(35-16-4-5-20-40(35)51-47)49-44(28)32-21-24-33(25-22-32)50-38-19-8-12-30-11-6-17-36(42(30)38)43-34-15-3-2-10-29(34)23-26-39(43)50/h2-27,41H,1H2. The minimum Gasteiger partial charge on any atom is -0.458 e. The monoisotopic (exact) mass is 651 g/mol. The van der Waals surface area contributed by atoms with E-state index in [-0.39, 0.29) is 5.92 Å². The van der Waals surface area contributed by atoms with E-state index < -0.39 is 0 Å². The number of aliphatic imine (C=N–C) groups is 1. The van der Waals surface area contributed by atoms with Crippen molar-refractivity contribution in [3.05, 3.63) is 187 Å². The average Bonchev–Trinajstić information content (AvgIpc) is 3.56. The highest BCUT2D eigenvalue weighted by Crippen LogP contribution is 2.53. The first-order valence-electron chi connectivity index (χ1n) is 17.3. The van der Waals surface area contributed by atoms with E-state index in [9.17, 15) is 0 Å². The van der Waals surface area contributed by atoms with Gasteiger partial charge in [-0.05, 0) is 75.3 Å². The van der Waals surface area contributed by atoms with Crippen molar-refractivity contribution >= 4 is 71.9 Å². The highest BCUT2D eigenvalue weighted by molar-refractivity contribution is 6.20. The Labute approximate surface area is 294 Å². The number of nitrogens with zero attached hydrogens (tertiary/aromatic N) is 3. The minimum absolute atomic E-state index is 0.241. The third-order valence-electron chi connectivity index (χ3n) is 10.6. The molecule has 0 saturated heterocycles. The van der Waals surface area contributed by atoms with Crippen molar-refractivity contribution in [2.75, 3.05) is 4.90 Å². The zero-order valence-corrected chi connectivity index (χ0v) is 27.5. The molecule has 1 atom stereocenters. The van der Waals surface area contributed by atoms with Crippen molar-refractivity contribution < 1.29 is 4.42 Å². The summed E-state index contributed by atoms with van der Waals surface area (Å²) in [5.74, 6) is 0.568. The van der Waals surface area contributed by atoms with Crippen molar-refractivity contribution in [3.63, 3.8) is 0 Å². The molecule has 0 aliphatic carbocycles. The fourth-order valence-electron chi connectivity index (χ4n) is 8.40. The summed E-state index contributed by atoms with van der Waals surface area (Å²) in [4.78, 5) is 12.5. The van der Waals surface area contributed by atoms with E-state index in [0.717, 1.165) is 61.4 Å². The van der Waals surface area contributed by atoms with Gasteiger partial charge in [0.15, 0.2) is 0 Å². The third kappa shape index (κ3) is 4.02. The summed E-state index contributed by atoms with van der Waals surface area (Å²) in [6.07, 6.45) is 1.85. The molecule has 0 spiro atoms. The van der Waals surface area contributed by atoms with E-state index in [0.29, 0.717) is 0 Å². The Hall–Kier alpha value is -6.78. The molecule has 51 heavy (non-hydrogen) atoms. The van der Waals surface area contributed by atoms with E-state index in [1.54, 1.807) is 0 Å². The van der Waals surface area contributed by atoms with E-state index >= 15 is 0 Å². The molecule has 0 fully saturated rings. The van der Waals surface area contributed by atoms with Crippen molar-refractivity contribution in [2.24, 2.45) is 4.99 Å². The smallest absolute Gasteiger partial charge is 0.142 e. The molecular formula is C47H29N3O. The van der Waals surface area contributed by atoms with E-state index in [1.807, 2.05) is 30.5 Å². The van der Waals surface area contributed by atoms with E-state index in [1.165, 1.54) is 44.0 Å². The van der Waals surface area contributed by atoms with Crippen LogP contribution in [0.25, 0.3) is 54.5 Å². The van der Waals surface area contributed by atoms with Crippen LogP contribution in [-0.2, 0) is 0 Å². The van der Waals surface area contributed by atoms with E-state index in [4.69, 9.17) is 21.0 Å². The molecule has 0 N–H and O–H groups in total. The van der Waals surface area contributed by atoms with Crippen LogP contribution in [0.5, 0.6) is 0 Å². The fraction of sp³-hybridized carbons (Fsp3) is 0.0213. The SMILES string of the molecule is C=C1C(c2ccc(N3c4ccc5ccccc5c4-c4cccc5cccc3c45)cc2)=Nc2c(oc3ccccc23)C1c1cccc2cccnc12. The topological polar surface area (TPSA) is 41.6 Å². The quantitative estimate of drug-likeness (QED) is 0.191.